The van der Waals surface area contributed by atoms with Crippen molar-refractivity contribution >= 4 is 17.3 Å². The molecular formula is C19H24N4O. The van der Waals surface area contributed by atoms with Gasteiger partial charge in [-0.3, -0.25) is 4.79 Å². The van der Waals surface area contributed by atoms with Gasteiger partial charge in [0.05, 0.1) is 11.9 Å². The van der Waals surface area contributed by atoms with Gasteiger partial charge in [0.15, 0.2) is 0 Å². The lowest BCUT2D eigenvalue weighted by Crippen LogP contribution is -2.35. The third-order valence-corrected chi connectivity index (χ3v) is 4.23. The second kappa shape index (κ2) is 7.45. The molecule has 0 atom stereocenters. The van der Waals surface area contributed by atoms with Crippen LogP contribution < -0.4 is 10.2 Å². The number of benzene rings is 1. The number of carbonyl (C=O) groups is 1. The van der Waals surface area contributed by atoms with Crippen molar-refractivity contribution in [3.8, 4) is 0 Å². The largest absolute Gasteiger partial charge is 0.383 e. The summed E-state index contributed by atoms with van der Waals surface area (Å²) >= 11 is 0. The van der Waals surface area contributed by atoms with Crippen molar-refractivity contribution in [1.82, 2.24) is 9.88 Å². The molecule has 3 rings (SSSR count). The van der Waals surface area contributed by atoms with E-state index in [0.29, 0.717) is 5.69 Å². The monoisotopic (exact) mass is 324 g/mol. The van der Waals surface area contributed by atoms with Gasteiger partial charge in [-0.25, -0.2) is 4.98 Å². The first kappa shape index (κ1) is 16.5. The summed E-state index contributed by atoms with van der Waals surface area (Å²) in [6.07, 6.45) is 3.76. The van der Waals surface area contributed by atoms with Crippen LogP contribution in [0, 0.1) is 0 Å². The molecule has 1 N–H and O–H groups in total. The summed E-state index contributed by atoms with van der Waals surface area (Å²) in [5.74, 6) is -0.0259. The Morgan fingerprint density at radius 1 is 1.25 bits per heavy atom. The van der Waals surface area contributed by atoms with Gasteiger partial charge in [0, 0.05) is 25.3 Å². The maximum atomic E-state index is 12.8. The third-order valence-electron chi connectivity index (χ3n) is 4.23. The number of hydrogen-bond donors (Lipinski definition) is 1. The van der Waals surface area contributed by atoms with Crippen molar-refractivity contribution in [1.29, 1.82) is 0 Å². The molecule has 0 saturated carbocycles. The van der Waals surface area contributed by atoms with E-state index < -0.39 is 0 Å². The van der Waals surface area contributed by atoms with Crippen LogP contribution >= 0.6 is 0 Å². The lowest BCUT2D eigenvalue weighted by Gasteiger charge is -2.29. The maximum Gasteiger partial charge on any atom is 0.276 e. The molecule has 0 bridgehead atoms. The van der Waals surface area contributed by atoms with Gasteiger partial charge >= 0.3 is 0 Å². The first-order valence-corrected chi connectivity index (χ1v) is 8.39. The van der Waals surface area contributed by atoms with E-state index in [1.54, 1.807) is 12.3 Å². The van der Waals surface area contributed by atoms with Crippen molar-refractivity contribution in [2.24, 2.45) is 0 Å². The quantitative estimate of drug-likeness (QED) is 0.918. The second-order valence-electron chi connectivity index (χ2n) is 6.35. The molecule has 126 valence electrons. The highest BCUT2D eigenvalue weighted by molar-refractivity contribution is 6.05. The molecule has 5 nitrogen and oxygen atoms in total. The summed E-state index contributed by atoms with van der Waals surface area (Å²) in [5.41, 5.74) is 3.68. The summed E-state index contributed by atoms with van der Waals surface area (Å²) in [4.78, 5) is 21.1. The number of aryl methyl sites for hydroxylation is 1. The minimum absolute atomic E-state index is 0.0259. The first-order valence-electron chi connectivity index (χ1n) is 8.39. The van der Waals surface area contributed by atoms with E-state index in [0.717, 1.165) is 43.9 Å². The number of nitrogens with zero attached hydrogens (tertiary/aromatic N) is 3. The number of carbonyl (C=O) groups excluding carboxylic acids is 1. The minimum Gasteiger partial charge on any atom is -0.383 e. The van der Waals surface area contributed by atoms with Crippen LogP contribution in [0.1, 0.15) is 22.5 Å². The normalized spacial score (nSPS) is 13.7. The van der Waals surface area contributed by atoms with Gasteiger partial charge in [-0.15, -0.1) is 0 Å². The fraction of sp³-hybridized carbons (Fsp3) is 0.368. The van der Waals surface area contributed by atoms with Crippen molar-refractivity contribution in [3.05, 3.63) is 53.9 Å². The number of anilines is 2. The summed E-state index contributed by atoms with van der Waals surface area (Å²) in [7, 11) is 4.08. The molecule has 5 heteroatoms. The molecule has 0 spiro atoms. The first-order chi connectivity index (χ1) is 11.6. The Balaban J connectivity index is 1.70. The average Bonchev–Trinajstić information content (AvgIpc) is 2.61. The average molecular weight is 324 g/mol. The van der Waals surface area contributed by atoms with Gasteiger partial charge in [-0.1, -0.05) is 18.2 Å². The highest BCUT2D eigenvalue weighted by Gasteiger charge is 2.23. The van der Waals surface area contributed by atoms with E-state index in [-0.39, 0.29) is 5.91 Å². The van der Waals surface area contributed by atoms with Gasteiger partial charge in [0.2, 0.25) is 0 Å². The lowest BCUT2D eigenvalue weighted by atomic mass is 10.0. The molecule has 1 aromatic carbocycles. The van der Waals surface area contributed by atoms with Gasteiger partial charge in [-0.05, 0) is 50.7 Å². The van der Waals surface area contributed by atoms with Crippen LogP contribution in [0.25, 0.3) is 0 Å². The van der Waals surface area contributed by atoms with Crippen LogP contribution in [-0.2, 0) is 6.42 Å². The van der Waals surface area contributed by atoms with E-state index >= 15 is 0 Å². The van der Waals surface area contributed by atoms with E-state index in [1.807, 2.05) is 43.3 Å². The molecule has 1 aliphatic heterocycles. The molecule has 1 amide bonds. The number of hydrogen-bond acceptors (Lipinski definition) is 4. The van der Waals surface area contributed by atoms with Crippen LogP contribution in [0.5, 0.6) is 0 Å². The van der Waals surface area contributed by atoms with Crippen LogP contribution in [0.15, 0.2) is 42.6 Å². The molecule has 2 aromatic rings. The number of para-hydroxylation sites is 1. The SMILES string of the molecule is CN(C)CCNc1ccc(C(=O)N2CCCc3ccccc32)nc1. The predicted octanol–water partition coefficient (Wildman–Crippen LogP) is 2.65. The number of nitrogens with one attached hydrogen (secondary N) is 1. The third kappa shape index (κ3) is 3.74. The summed E-state index contributed by atoms with van der Waals surface area (Å²) < 4.78 is 0. The fourth-order valence-electron chi connectivity index (χ4n) is 2.93. The molecule has 0 unspecified atom stereocenters. The molecule has 0 radical (unpaired) electrons. The zero-order valence-electron chi connectivity index (χ0n) is 14.3. The molecule has 0 fully saturated rings. The Labute approximate surface area is 143 Å². The predicted molar refractivity (Wildman–Crippen MR) is 97.7 cm³/mol. The summed E-state index contributed by atoms with van der Waals surface area (Å²) in [6.45, 7) is 2.55. The van der Waals surface area contributed by atoms with Crippen molar-refractivity contribution in [2.75, 3.05) is 43.9 Å². The lowest BCUT2D eigenvalue weighted by molar-refractivity contribution is 0.0980. The van der Waals surface area contributed by atoms with Crippen LogP contribution in [-0.4, -0.2) is 49.5 Å². The van der Waals surface area contributed by atoms with Gasteiger partial charge < -0.3 is 15.1 Å². The Kier molecular flexibility index (Phi) is 5.11. The van der Waals surface area contributed by atoms with Gasteiger partial charge in [-0.2, -0.15) is 0 Å². The van der Waals surface area contributed by atoms with E-state index in [9.17, 15) is 4.79 Å². The van der Waals surface area contributed by atoms with Gasteiger partial charge in [0.1, 0.15) is 5.69 Å². The molecule has 0 aliphatic carbocycles. The number of likely N-dealkylation sites (N-methyl/N-ethyl adjacent to an activating group) is 1. The van der Waals surface area contributed by atoms with E-state index in [4.69, 9.17) is 0 Å². The highest BCUT2D eigenvalue weighted by atomic mass is 16.2. The maximum absolute atomic E-state index is 12.8. The topological polar surface area (TPSA) is 48.5 Å². The Hall–Kier alpha value is -2.40. The molecule has 1 aliphatic rings. The van der Waals surface area contributed by atoms with Crippen LogP contribution in [0.3, 0.4) is 0 Å². The summed E-state index contributed by atoms with van der Waals surface area (Å²) in [5, 5.41) is 3.31. The zero-order valence-corrected chi connectivity index (χ0v) is 14.3. The molecule has 1 aromatic heterocycles. The van der Waals surface area contributed by atoms with Crippen molar-refractivity contribution < 1.29 is 4.79 Å². The fourth-order valence-corrected chi connectivity index (χ4v) is 2.93. The number of rotatable bonds is 5. The van der Waals surface area contributed by atoms with Crippen LogP contribution in [0.4, 0.5) is 11.4 Å². The van der Waals surface area contributed by atoms with Crippen molar-refractivity contribution in [2.45, 2.75) is 12.8 Å². The second-order valence-corrected chi connectivity index (χ2v) is 6.35. The molecule has 24 heavy (non-hydrogen) atoms. The number of aromatic nitrogens is 1. The summed E-state index contributed by atoms with van der Waals surface area (Å²) in [6, 6.07) is 11.8. The van der Waals surface area contributed by atoms with Gasteiger partial charge in [0.25, 0.3) is 5.91 Å². The molecule has 2 heterocycles. The number of amides is 1. The molecule has 0 saturated heterocycles. The zero-order chi connectivity index (χ0) is 16.9. The minimum atomic E-state index is -0.0259. The Morgan fingerprint density at radius 2 is 2.08 bits per heavy atom. The van der Waals surface area contributed by atoms with E-state index in [1.165, 1.54) is 5.56 Å². The number of pyridine rings is 1. The van der Waals surface area contributed by atoms with E-state index in [2.05, 4.69) is 21.3 Å². The van der Waals surface area contributed by atoms with Crippen LogP contribution in [0.2, 0.25) is 0 Å². The highest BCUT2D eigenvalue weighted by Crippen LogP contribution is 2.27. The Morgan fingerprint density at radius 3 is 2.83 bits per heavy atom. The smallest absolute Gasteiger partial charge is 0.276 e. The Bertz CT molecular complexity index is 697. The standard InChI is InChI=1S/C19H24N4O/c1-22(2)13-11-20-16-9-10-17(21-14-16)19(24)23-12-5-7-15-6-3-4-8-18(15)23/h3-4,6,8-10,14,20H,5,7,11-13H2,1-2H3. The number of fused-ring (bicyclic) bond motifs is 1. The van der Waals surface area contributed by atoms with Crippen molar-refractivity contribution in [3.63, 3.8) is 0 Å². The molecular weight excluding hydrogens is 300 g/mol.